The number of rotatable bonds is 6. The maximum atomic E-state index is 12.4. The second-order valence-corrected chi connectivity index (χ2v) is 6.56. The Morgan fingerprint density at radius 2 is 1.67 bits per heavy atom. The van der Waals surface area contributed by atoms with Gasteiger partial charge in [-0.2, -0.15) is 0 Å². The van der Waals surface area contributed by atoms with Gasteiger partial charge in [-0.05, 0) is 32.6 Å². The van der Waals surface area contributed by atoms with Crippen LogP contribution in [0.5, 0.6) is 0 Å². The standard InChI is InChI=1S/C16H25NO4/c1-10(16(20)21)6-5-7-11(2)17-14(18)12-8-3-4-9-13(12)15(17)19/h10-13H,3-9H2,1-2H3,(H,20,21). The maximum absolute atomic E-state index is 12.4. The minimum atomic E-state index is -0.790. The largest absolute Gasteiger partial charge is 0.481 e. The Morgan fingerprint density at radius 3 is 2.14 bits per heavy atom. The fraction of sp³-hybridized carbons (Fsp3) is 0.812. The number of carbonyl (C=O) groups is 3. The van der Waals surface area contributed by atoms with Crippen LogP contribution in [0.1, 0.15) is 58.8 Å². The van der Waals surface area contributed by atoms with Gasteiger partial charge < -0.3 is 5.11 Å². The van der Waals surface area contributed by atoms with Crippen molar-refractivity contribution in [1.29, 1.82) is 0 Å². The number of carboxylic acids is 1. The number of imide groups is 1. The Balaban J connectivity index is 1.90. The van der Waals surface area contributed by atoms with Gasteiger partial charge in [0.15, 0.2) is 0 Å². The molecule has 2 aliphatic rings. The molecule has 118 valence electrons. The lowest BCUT2D eigenvalue weighted by molar-refractivity contribution is -0.144. The van der Waals surface area contributed by atoms with Crippen LogP contribution >= 0.6 is 0 Å². The highest BCUT2D eigenvalue weighted by Gasteiger charge is 2.49. The van der Waals surface area contributed by atoms with Gasteiger partial charge >= 0.3 is 5.97 Å². The third-order valence-electron chi connectivity index (χ3n) is 5.00. The number of nitrogens with zero attached hydrogens (tertiary/aromatic N) is 1. The van der Waals surface area contributed by atoms with Crippen LogP contribution in [0, 0.1) is 17.8 Å². The Kier molecular flexibility index (Phi) is 5.01. The van der Waals surface area contributed by atoms with Gasteiger partial charge in [0.1, 0.15) is 0 Å². The van der Waals surface area contributed by atoms with E-state index in [4.69, 9.17) is 5.11 Å². The van der Waals surface area contributed by atoms with Gasteiger partial charge in [-0.15, -0.1) is 0 Å². The van der Waals surface area contributed by atoms with Gasteiger partial charge in [0.25, 0.3) is 0 Å². The smallest absolute Gasteiger partial charge is 0.306 e. The summed E-state index contributed by atoms with van der Waals surface area (Å²) in [6.45, 7) is 3.59. The van der Waals surface area contributed by atoms with Crippen molar-refractivity contribution < 1.29 is 19.5 Å². The second kappa shape index (κ2) is 6.58. The van der Waals surface area contributed by atoms with E-state index in [0.717, 1.165) is 32.1 Å². The fourth-order valence-electron chi connectivity index (χ4n) is 3.59. The molecule has 1 heterocycles. The van der Waals surface area contributed by atoms with Gasteiger partial charge in [-0.1, -0.05) is 26.2 Å². The Labute approximate surface area is 125 Å². The van der Waals surface area contributed by atoms with Crippen LogP contribution < -0.4 is 0 Å². The number of carbonyl (C=O) groups excluding carboxylic acids is 2. The maximum Gasteiger partial charge on any atom is 0.306 e. The number of carboxylic acid groups (broad SMARTS) is 1. The van der Waals surface area contributed by atoms with Crippen molar-refractivity contribution in [1.82, 2.24) is 4.90 Å². The lowest BCUT2D eigenvalue weighted by atomic mass is 9.81. The molecule has 0 aromatic rings. The Hall–Kier alpha value is -1.39. The van der Waals surface area contributed by atoms with E-state index in [-0.39, 0.29) is 35.6 Å². The summed E-state index contributed by atoms with van der Waals surface area (Å²) in [7, 11) is 0. The molecule has 0 aromatic heterocycles. The number of hydrogen-bond acceptors (Lipinski definition) is 3. The van der Waals surface area contributed by atoms with Crippen LogP contribution in [0.4, 0.5) is 0 Å². The van der Waals surface area contributed by atoms with E-state index in [1.807, 2.05) is 6.92 Å². The van der Waals surface area contributed by atoms with Gasteiger partial charge in [-0.25, -0.2) is 0 Å². The third kappa shape index (κ3) is 3.27. The highest BCUT2D eigenvalue weighted by molar-refractivity contribution is 6.05. The van der Waals surface area contributed by atoms with E-state index < -0.39 is 5.97 Å². The van der Waals surface area contributed by atoms with E-state index in [1.54, 1.807) is 6.92 Å². The summed E-state index contributed by atoms with van der Waals surface area (Å²) < 4.78 is 0. The molecule has 1 saturated carbocycles. The SMILES string of the molecule is CC(CCCC(C)N1C(=O)C2CCCCC2C1=O)C(=O)O. The number of fused-ring (bicyclic) bond motifs is 1. The normalized spacial score (nSPS) is 28.4. The first kappa shape index (κ1) is 16.0. The first-order valence-electron chi connectivity index (χ1n) is 8.03. The first-order valence-corrected chi connectivity index (χ1v) is 8.03. The summed E-state index contributed by atoms with van der Waals surface area (Å²) in [6, 6.07) is -0.114. The van der Waals surface area contributed by atoms with Gasteiger partial charge in [0, 0.05) is 6.04 Å². The van der Waals surface area contributed by atoms with Crippen molar-refractivity contribution in [2.75, 3.05) is 0 Å². The Morgan fingerprint density at radius 1 is 1.14 bits per heavy atom. The molecular weight excluding hydrogens is 270 g/mol. The Bertz CT molecular complexity index is 410. The van der Waals surface area contributed by atoms with Crippen molar-refractivity contribution in [3.63, 3.8) is 0 Å². The summed E-state index contributed by atoms with van der Waals surface area (Å²) in [5, 5.41) is 8.86. The van der Waals surface area contributed by atoms with Crippen molar-refractivity contribution in [2.45, 2.75) is 64.8 Å². The van der Waals surface area contributed by atoms with Crippen LogP contribution in [0.25, 0.3) is 0 Å². The molecule has 1 saturated heterocycles. The molecule has 2 fully saturated rings. The molecule has 0 bridgehead atoms. The van der Waals surface area contributed by atoms with Crippen LogP contribution in [0.15, 0.2) is 0 Å². The minimum absolute atomic E-state index is 0.00323. The quantitative estimate of drug-likeness (QED) is 0.764. The molecule has 0 radical (unpaired) electrons. The summed E-state index contributed by atoms with van der Waals surface area (Å²) in [6.07, 6.45) is 5.76. The molecule has 1 N–H and O–H groups in total. The summed E-state index contributed by atoms with van der Waals surface area (Å²) >= 11 is 0. The van der Waals surface area contributed by atoms with Crippen LogP contribution in [0.2, 0.25) is 0 Å². The lowest BCUT2D eigenvalue weighted by Crippen LogP contribution is -2.39. The van der Waals surface area contributed by atoms with Gasteiger partial charge in [0.2, 0.25) is 11.8 Å². The molecule has 4 unspecified atom stereocenters. The van der Waals surface area contributed by atoms with E-state index in [9.17, 15) is 14.4 Å². The zero-order chi connectivity index (χ0) is 15.6. The van der Waals surface area contributed by atoms with Crippen molar-refractivity contribution in [3.05, 3.63) is 0 Å². The molecule has 1 aliphatic heterocycles. The predicted molar refractivity (Wildman–Crippen MR) is 77.4 cm³/mol. The molecule has 2 rings (SSSR count). The lowest BCUT2D eigenvalue weighted by Gasteiger charge is -2.23. The first-order chi connectivity index (χ1) is 9.93. The molecule has 5 nitrogen and oxygen atoms in total. The average Bonchev–Trinajstić information content (AvgIpc) is 2.71. The van der Waals surface area contributed by atoms with E-state index in [1.165, 1.54) is 4.90 Å². The zero-order valence-corrected chi connectivity index (χ0v) is 12.9. The fourth-order valence-corrected chi connectivity index (χ4v) is 3.59. The summed E-state index contributed by atoms with van der Waals surface area (Å²) in [5.74, 6) is -1.34. The molecule has 1 aliphatic carbocycles. The van der Waals surface area contributed by atoms with Crippen LogP contribution in [0.3, 0.4) is 0 Å². The monoisotopic (exact) mass is 295 g/mol. The number of amides is 2. The summed E-state index contributed by atoms with van der Waals surface area (Å²) in [4.78, 5) is 37.1. The minimum Gasteiger partial charge on any atom is -0.481 e. The second-order valence-electron chi connectivity index (χ2n) is 6.56. The number of likely N-dealkylation sites (tertiary alicyclic amines) is 1. The molecular formula is C16H25NO4. The third-order valence-corrected chi connectivity index (χ3v) is 5.00. The van der Waals surface area contributed by atoms with Crippen molar-refractivity contribution in [3.8, 4) is 0 Å². The van der Waals surface area contributed by atoms with E-state index in [2.05, 4.69) is 0 Å². The molecule has 0 spiro atoms. The molecule has 0 aromatic carbocycles. The predicted octanol–water partition coefficient (Wildman–Crippen LogP) is 2.44. The van der Waals surface area contributed by atoms with Crippen molar-refractivity contribution in [2.24, 2.45) is 17.8 Å². The molecule has 4 atom stereocenters. The zero-order valence-electron chi connectivity index (χ0n) is 12.9. The average molecular weight is 295 g/mol. The topological polar surface area (TPSA) is 74.7 Å². The van der Waals surface area contributed by atoms with E-state index >= 15 is 0 Å². The molecule has 2 amide bonds. The van der Waals surface area contributed by atoms with Crippen LogP contribution in [-0.4, -0.2) is 33.8 Å². The highest BCUT2D eigenvalue weighted by Crippen LogP contribution is 2.39. The van der Waals surface area contributed by atoms with Crippen molar-refractivity contribution >= 4 is 17.8 Å². The number of aliphatic carboxylic acids is 1. The van der Waals surface area contributed by atoms with Crippen LogP contribution in [-0.2, 0) is 14.4 Å². The van der Waals surface area contributed by atoms with Gasteiger partial charge in [-0.3, -0.25) is 19.3 Å². The van der Waals surface area contributed by atoms with E-state index in [0.29, 0.717) is 12.8 Å². The van der Waals surface area contributed by atoms with Gasteiger partial charge in [0.05, 0.1) is 17.8 Å². The summed E-state index contributed by atoms with van der Waals surface area (Å²) in [5.41, 5.74) is 0. The molecule has 5 heteroatoms. The highest BCUT2D eigenvalue weighted by atomic mass is 16.4. The number of hydrogen-bond donors (Lipinski definition) is 1. The molecule has 21 heavy (non-hydrogen) atoms.